The molecule has 1 amide bonds. The predicted octanol–water partition coefficient (Wildman–Crippen LogP) is 3.56. The summed E-state index contributed by atoms with van der Waals surface area (Å²) in [6, 6.07) is 8.33. The van der Waals surface area contributed by atoms with Gasteiger partial charge >= 0.3 is 0 Å². The van der Waals surface area contributed by atoms with E-state index in [4.69, 9.17) is 5.73 Å². The zero-order valence-corrected chi connectivity index (χ0v) is 16.0. The molecule has 0 fully saturated rings. The first-order chi connectivity index (χ1) is 11.0. The van der Waals surface area contributed by atoms with Crippen molar-refractivity contribution in [3.8, 4) is 0 Å². The fourth-order valence-corrected chi connectivity index (χ4v) is 3.21. The lowest BCUT2D eigenvalue weighted by Gasteiger charge is -2.27. The van der Waals surface area contributed by atoms with Gasteiger partial charge < -0.3 is 5.73 Å². The van der Waals surface area contributed by atoms with Crippen LogP contribution < -0.4 is 11.1 Å². The Kier molecular flexibility index (Phi) is 7.79. The quantitative estimate of drug-likeness (QED) is 0.782. The summed E-state index contributed by atoms with van der Waals surface area (Å²) in [6.07, 6.45) is 2.14. The molecule has 1 heterocycles. The first-order valence-electron chi connectivity index (χ1n) is 7.92. The highest BCUT2D eigenvalue weighted by atomic mass is 35.5. The fourth-order valence-electron chi connectivity index (χ4n) is 2.44. The Morgan fingerprint density at radius 1 is 1.21 bits per heavy atom. The lowest BCUT2D eigenvalue weighted by atomic mass is 9.81. The molecule has 0 aliphatic heterocycles. The first kappa shape index (κ1) is 20.5. The molecule has 24 heavy (non-hydrogen) atoms. The number of nitrogens with zero attached hydrogens (tertiary/aromatic N) is 2. The van der Waals surface area contributed by atoms with Gasteiger partial charge in [0.2, 0.25) is 11.0 Å². The number of anilines is 1. The predicted molar refractivity (Wildman–Crippen MR) is 102 cm³/mol. The summed E-state index contributed by atoms with van der Waals surface area (Å²) in [5.41, 5.74) is 7.70. The molecule has 2 aromatic rings. The number of nitrogens with two attached hydrogens (primary N) is 1. The van der Waals surface area contributed by atoms with E-state index >= 15 is 0 Å². The number of rotatable bonds is 7. The van der Waals surface area contributed by atoms with E-state index in [1.54, 1.807) is 0 Å². The van der Waals surface area contributed by atoms with Crippen LogP contribution in [0.4, 0.5) is 5.13 Å². The summed E-state index contributed by atoms with van der Waals surface area (Å²) in [4.78, 5) is 12.5. The Labute approximate surface area is 153 Å². The third kappa shape index (κ3) is 4.75. The van der Waals surface area contributed by atoms with Crippen molar-refractivity contribution in [2.45, 2.75) is 40.0 Å². The van der Waals surface area contributed by atoms with E-state index in [-0.39, 0.29) is 18.3 Å². The SMILES string of the molecule is CCC(CC)(CN)C(=O)Nc1nnc(Cc2ccc(C)cc2)s1.Cl. The van der Waals surface area contributed by atoms with E-state index < -0.39 is 5.41 Å². The second kappa shape index (κ2) is 9.11. The summed E-state index contributed by atoms with van der Waals surface area (Å²) < 4.78 is 0. The van der Waals surface area contributed by atoms with Gasteiger partial charge in [0.25, 0.3) is 0 Å². The Balaban J connectivity index is 0.00000288. The Bertz CT molecular complexity index is 645. The van der Waals surface area contributed by atoms with Crippen LogP contribution in [0.5, 0.6) is 0 Å². The Hall–Kier alpha value is -1.50. The third-order valence-corrected chi connectivity index (χ3v) is 5.23. The minimum atomic E-state index is -0.525. The number of halogens is 1. The maximum Gasteiger partial charge on any atom is 0.233 e. The van der Waals surface area contributed by atoms with Crippen LogP contribution in [0.1, 0.15) is 42.8 Å². The van der Waals surface area contributed by atoms with Gasteiger partial charge in [0.15, 0.2) is 0 Å². The number of carbonyl (C=O) groups excluding carboxylic acids is 1. The van der Waals surface area contributed by atoms with Crippen molar-refractivity contribution < 1.29 is 4.79 Å². The lowest BCUT2D eigenvalue weighted by Crippen LogP contribution is -2.41. The molecular formula is C17H25ClN4OS. The van der Waals surface area contributed by atoms with Crippen LogP contribution in [0.3, 0.4) is 0 Å². The molecule has 5 nitrogen and oxygen atoms in total. The largest absolute Gasteiger partial charge is 0.329 e. The number of hydrogen-bond acceptors (Lipinski definition) is 5. The number of nitrogens with one attached hydrogen (secondary N) is 1. The number of benzene rings is 1. The van der Waals surface area contributed by atoms with Gasteiger partial charge in [-0.2, -0.15) is 0 Å². The number of aryl methyl sites for hydroxylation is 1. The molecule has 3 N–H and O–H groups in total. The third-order valence-electron chi connectivity index (χ3n) is 4.39. The minimum Gasteiger partial charge on any atom is -0.329 e. The molecule has 132 valence electrons. The molecule has 0 saturated heterocycles. The van der Waals surface area contributed by atoms with E-state index in [2.05, 4.69) is 46.7 Å². The Morgan fingerprint density at radius 2 is 1.83 bits per heavy atom. The first-order valence-corrected chi connectivity index (χ1v) is 8.74. The molecule has 0 atom stereocenters. The molecule has 0 spiro atoms. The highest BCUT2D eigenvalue weighted by molar-refractivity contribution is 7.15. The molecule has 1 aromatic heterocycles. The van der Waals surface area contributed by atoms with E-state index in [0.717, 1.165) is 11.4 Å². The van der Waals surface area contributed by atoms with Gasteiger partial charge in [-0.3, -0.25) is 10.1 Å². The van der Waals surface area contributed by atoms with Gasteiger partial charge in [0.1, 0.15) is 5.01 Å². The van der Waals surface area contributed by atoms with Crippen molar-refractivity contribution in [3.05, 3.63) is 40.4 Å². The molecule has 0 bridgehead atoms. The average Bonchev–Trinajstić information content (AvgIpc) is 2.99. The highest BCUT2D eigenvalue weighted by Gasteiger charge is 2.33. The topological polar surface area (TPSA) is 80.9 Å². The van der Waals surface area contributed by atoms with Crippen LogP contribution in [-0.2, 0) is 11.2 Å². The van der Waals surface area contributed by atoms with Gasteiger partial charge in [-0.05, 0) is 25.3 Å². The standard InChI is InChI=1S/C17H24N4OS.ClH/c1-4-17(5-2,11-18)15(22)19-16-21-20-14(23-16)10-13-8-6-12(3)7-9-13;/h6-9H,4-5,10-11,18H2,1-3H3,(H,19,21,22);1H. The van der Waals surface area contributed by atoms with Crippen LogP contribution in [0.25, 0.3) is 0 Å². The number of amides is 1. The van der Waals surface area contributed by atoms with Gasteiger partial charge in [0, 0.05) is 13.0 Å². The molecule has 0 unspecified atom stereocenters. The average molecular weight is 369 g/mol. The van der Waals surface area contributed by atoms with E-state index in [9.17, 15) is 4.79 Å². The van der Waals surface area contributed by atoms with E-state index in [1.807, 2.05) is 13.8 Å². The van der Waals surface area contributed by atoms with Crippen LogP contribution in [0, 0.1) is 12.3 Å². The second-order valence-electron chi connectivity index (χ2n) is 5.81. The van der Waals surface area contributed by atoms with Crippen molar-refractivity contribution in [1.82, 2.24) is 10.2 Å². The Morgan fingerprint density at radius 3 is 2.38 bits per heavy atom. The van der Waals surface area contributed by atoms with Crippen LogP contribution in [0.15, 0.2) is 24.3 Å². The fraction of sp³-hybridized carbons (Fsp3) is 0.471. The second-order valence-corrected chi connectivity index (χ2v) is 6.87. The summed E-state index contributed by atoms with van der Waals surface area (Å²) >= 11 is 1.41. The highest BCUT2D eigenvalue weighted by Crippen LogP contribution is 2.28. The molecule has 7 heteroatoms. The molecule has 0 aliphatic carbocycles. The van der Waals surface area contributed by atoms with Crippen LogP contribution in [0.2, 0.25) is 0 Å². The van der Waals surface area contributed by atoms with E-state index in [1.165, 1.54) is 22.5 Å². The molecular weight excluding hydrogens is 344 g/mol. The minimum absolute atomic E-state index is 0. The van der Waals surface area contributed by atoms with Crippen molar-refractivity contribution in [2.24, 2.45) is 11.1 Å². The normalized spacial score (nSPS) is 11.0. The number of carbonyl (C=O) groups is 1. The van der Waals surface area contributed by atoms with Gasteiger partial charge in [0.05, 0.1) is 5.41 Å². The molecule has 0 aliphatic rings. The molecule has 0 radical (unpaired) electrons. The summed E-state index contributed by atoms with van der Waals surface area (Å²) in [5, 5.41) is 12.6. The smallest absolute Gasteiger partial charge is 0.233 e. The summed E-state index contributed by atoms with van der Waals surface area (Å²) in [7, 11) is 0. The van der Waals surface area contributed by atoms with Crippen molar-refractivity contribution in [3.63, 3.8) is 0 Å². The van der Waals surface area contributed by atoms with Crippen molar-refractivity contribution in [2.75, 3.05) is 11.9 Å². The molecule has 1 aromatic carbocycles. The van der Waals surface area contributed by atoms with Crippen LogP contribution >= 0.6 is 23.7 Å². The maximum absolute atomic E-state index is 12.5. The van der Waals surface area contributed by atoms with E-state index in [0.29, 0.717) is 24.5 Å². The van der Waals surface area contributed by atoms with Gasteiger partial charge in [-0.1, -0.05) is 55.0 Å². The summed E-state index contributed by atoms with van der Waals surface area (Å²) in [5.74, 6) is -0.0666. The summed E-state index contributed by atoms with van der Waals surface area (Å²) in [6.45, 7) is 6.37. The van der Waals surface area contributed by atoms with Gasteiger partial charge in [-0.25, -0.2) is 0 Å². The zero-order chi connectivity index (χ0) is 16.9. The van der Waals surface area contributed by atoms with Crippen molar-refractivity contribution in [1.29, 1.82) is 0 Å². The van der Waals surface area contributed by atoms with Crippen molar-refractivity contribution >= 4 is 34.8 Å². The number of hydrogen-bond donors (Lipinski definition) is 2. The van der Waals surface area contributed by atoms with Gasteiger partial charge in [-0.15, -0.1) is 22.6 Å². The number of aromatic nitrogens is 2. The molecule has 0 saturated carbocycles. The zero-order valence-electron chi connectivity index (χ0n) is 14.3. The maximum atomic E-state index is 12.5. The molecule has 2 rings (SSSR count). The van der Waals surface area contributed by atoms with Crippen LogP contribution in [-0.4, -0.2) is 22.6 Å². The lowest BCUT2D eigenvalue weighted by molar-refractivity contribution is -0.125. The monoisotopic (exact) mass is 368 g/mol.